The van der Waals surface area contributed by atoms with E-state index < -0.39 is 0 Å². The fraction of sp³-hybridized carbons (Fsp3) is 0.500. The number of aliphatic imine (C=N–C) groups is 1. The van der Waals surface area contributed by atoms with Gasteiger partial charge in [-0.25, -0.2) is 4.98 Å². The molecular weight excluding hydrogens is 294 g/mol. The van der Waals surface area contributed by atoms with Crippen LogP contribution in [0.15, 0.2) is 29.5 Å². The molecule has 0 saturated carbocycles. The van der Waals surface area contributed by atoms with Gasteiger partial charge in [-0.3, -0.25) is 4.99 Å². The van der Waals surface area contributed by atoms with E-state index in [0.29, 0.717) is 0 Å². The van der Waals surface area contributed by atoms with E-state index in [1.165, 1.54) is 15.6 Å². The molecule has 1 N–H and O–H groups in total. The van der Waals surface area contributed by atoms with Crippen molar-refractivity contribution in [1.82, 2.24) is 19.8 Å². The molecule has 0 aromatic carbocycles. The molecule has 2 aromatic heterocycles. The van der Waals surface area contributed by atoms with Crippen LogP contribution in [0.1, 0.15) is 22.5 Å². The Morgan fingerprint density at radius 3 is 2.91 bits per heavy atom. The highest BCUT2D eigenvalue weighted by Gasteiger charge is 2.08. The van der Waals surface area contributed by atoms with Crippen LogP contribution < -0.4 is 5.32 Å². The van der Waals surface area contributed by atoms with Crippen LogP contribution in [0.2, 0.25) is 0 Å². The van der Waals surface area contributed by atoms with Crippen molar-refractivity contribution in [2.45, 2.75) is 26.3 Å². The maximum Gasteiger partial charge on any atom is 0.193 e. The molecule has 5 nitrogen and oxygen atoms in total. The van der Waals surface area contributed by atoms with Crippen LogP contribution in [0.3, 0.4) is 0 Å². The largest absolute Gasteiger partial charge is 0.356 e. The third-order valence-corrected chi connectivity index (χ3v) is 4.80. The molecule has 22 heavy (non-hydrogen) atoms. The number of guanidine groups is 1. The molecule has 2 rings (SSSR count). The van der Waals surface area contributed by atoms with Gasteiger partial charge in [0.1, 0.15) is 0 Å². The van der Waals surface area contributed by atoms with E-state index in [9.17, 15) is 0 Å². The highest BCUT2D eigenvalue weighted by Crippen LogP contribution is 2.13. The van der Waals surface area contributed by atoms with Crippen LogP contribution in [-0.4, -0.2) is 41.1 Å². The van der Waals surface area contributed by atoms with Crippen LogP contribution in [-0.2, 0) is 26.4 Å². The third kappa shape index (κ3) is 4.34. The fourth-order valence-electron chi connectivity index (χ4n) is 2.27. The summed E-state index contributed by atoms with van der Waals surface area (Å²) in [6.45, 7) is 3.84. The first-order chi connectivity index (χ1) is 10.6. The Hall–Kier alpha value is -1.82. The second kappa shape index (κ2) is 7.98. The van der Waals surface area contributed by atoms with Gasteiger partial charge in [-0.05, 0) is 18.6 Å². The van der Waals surface area contributed by atoms with E-state index >= 15 is 0 Å². The standard InChI is InChI=1S/C16H25N5S/c1-5-14-11-19-15(22-14)8-9-18-16(17-2)21(4)12-13-7-6-10-20(13)3/h6-7,10-11H,5,8-9,12H2,1-4H3,(H,17,18). The molecule has 0 amide bonds. The Labute approximate surface area is 136 Å². The molecule has 2 heterocycles. The molecule has 0 bridgehead atoms. The maximum absolute atomic E-state index is 4.45. The number of hydrogen-bond donors (Lipinski definition) is 1. The van der Waals surface area contributed by atoms with Crippen LogP contribution in [0.5, 0.6) is 0 Å². The summed E-state index contributed by atoms with van der Waals surface area (Å²) >= 11 is 1.80. The maximum atomic E-state index is 4.45. The number of nitrogens with zero attached hydrogens (tertiary/aromatic N) is 4. The van der Waals surface area contributed by atoms with Crippen molar-refractivity contribution in [2.75, 3.05) is 20.6 Å². The summed E-state index contributed by atoms with van der Waals surface area (Å²) in [7, 11) is 5.94. The first-order valence-corrected chi connectivity index (χ1v) is 8.41. The number of aryl methyl sites for hydroxylation is 2. The van der Waals surface area contributed by atoms with Crippen LogP contribution in [0.4, 0.5) is 0 Å². The smallest absolute Gasteiger partial charge is 0.193 e. The molecule has 0 saturated heterocycles. The number of nitrogens with one attached hydrogen (secondary N) is 1. The summed E-state index contributed by atoms with van der Waals surface area (Å²) in [5, 5.41) is 4.60. The van der Waals surface area contributed by atoms with Crippen molar-refractivity contribution in [3.8, 4) is 0 Å². The van der Waals surface area contributed by atoms with Gasteiger partial charge in [0.25, 0.3) is 0 Å². The molecule has 0 aliphatic heterocycles. The van der Waals surface area contributed by atoms with Crippen LogP contribution >= 0.6 is 11.3 Å². The fourth-order valence-corrected chi connectivity index (χ4v) is 3.13. The minimum absolute atomic E-state index is 0.834. The van der Waals surface area contributed by atoms with Crippen molar-refractivity contribution < 1.29 is 0 Å². The molecule has 2 aromatic rings. The quantitative estimate of drug-likeness (QED) is 0.656. The van der Waals surface area contributed by atoms with Crippen LogP contribution in [0.25, 0.3) is 0 Å². The molecule has 6 heteroatoms. The van der Waals surface area contributed by atoms with Gasteiger partial charge in [0.2, 0.25) is 0 Å². The van der Waals surface area contributed by atoms with Gasteiger partial charge in [-0.2, -0.15) is 0 Å². The van der Waals surface area contributed by atoms with Crippen molar-refractivity contribution in [3.05, 3.63) is 40.1 Å². The lowest BCUT2D eigenvalue weighted by atomic mass is 10.4. The minimum Gasteiger partial charge on any atom is -0.356 e. The highest BCUT2D eigenvalue weighted by molar-refractivity contribution is 7.11. The van der Waals surface area contributed by atoms with Crippen molar-refractivity contribution in [3.63, 3.8) is 0 Å². The second-order valence-corrected chi connectivity index (χ2v) is 6.46. The Morgan fingerprint density at radius 2 is 2.32 bits per heavy atom. The average molecular weight is 319 g/mol. The zero-order chi connectivity index (χ0) is 15.9. The average Bonchev–Trinajstić information content (AvgIpc) is 3.13. The summed E-state index contributed by atoms with van der Waals surface area (Å²) in [4.78, 5) is 12.3. The molecule has 0 atom stereocenters. The van der Waals surface area contributed by atoms with E-state index in [1.54, 1.807) is 11.3 Å². The van der Waals surface area contributed by atoms with E-state index in [1.807, 2.05) is 13.2 Å². The van der Waals surface area contributed by atoms with Crippen molar-refractivity contribution in [2.24, 2.45) is 12.0 Å². The van der Waals surface area contributed by atoms with Gasteiger partial charge in [0.05, 0.1) is 11.6 Å². The summed E-state index contributed by atoms with van der Waals surface area (Å²) in [6, 6.07) is 4.19. The molecule has 120 valence electrons. The lowest BCUT2D eigenvalue weighted by Crippen LogP contribution is -2.39. The SMILES string of the molecule is CCc1cnc(CCNC(=NC)N(C)Cc2cccn2C)s1. The molecule has 0 fully saturated rings. The molecule has 0 radical (unpaired) electrons. The Kier molecular flexibility index (Phi) is 6.00. The summed E-state index contributed by atoms with van der Waals surface area (Å²) < 4.78 is 2.13. The van der Waals surface area contributed by atoms with Crippen molar-refractivity contribution >= 4 is 17.3 Å². The minimum atomic E-state index is 0.834. The van der Waals surface area contributed by atoms with Gasteiger partial charge in [-0.15, -0.1) is 11.3 Å². The number of rotatable bonds is 6. The first kappa shape index (κ1) is 16.5. The van der Waals surface area contributed by atoms with E-state index in [2.05, 4.69) is 64.1 Å². The second-order valence-electron chi connectivity index (χ2n) is 5.26. The predicted molar refractivity (Wildman–Crippen MR) is 93.4 cm³/mol. The molecule has 0 unspecified atom stereocenters. The van der Waals surface area contributed by atoms with Gasteiger partial charge >= 0.3 is 0 Å². The summed E-state index contributed by atoms with van der Waals surface area (Å²) in [6.07, 6.45) is 6.04. The number of hydrogen-bond acceptors (Lipinski definition) is 3. The Bertz CT molecular complexity index is 614. The lowest BCUT2D eigenvalue weighted by molar-refractivity contribution is 0.462. The molecule has 0 aliphatic rings. The van der Waals surface area contributed by atoms with Gasteiger partial charge < -0.3 is 14.8 Å². The van der Waals surface area contributed by atoms with Gasteiger partial charge in [-0.1, -0.05) is 6.92 Å². The lowest BCUT2D eigenvalue weighted by Gasteiger charge is -2.22. The van der Waals surface area contributed by atoms with E-state index in [-0.39, 0.29) is 0 Å². The van der Waals surface area contributed by atoms with Gasteiger partial charge in [0, 0.05) is 57.1 Å². The third-order valence-electron chi connectivity index (χ3n) is 3.60. The monoisotopic (exact) mass is 319 g/mol. The van der Waals surface area contributed by atoms with E-state index in [0.717, 1.165) is 31.9 Å². The van der Waals surface area contributed by atoms with Gasteiger partial charge in [0.15, 0.2) is 5.96 Å². The number of aromatic nitrogens is 2. The molecule has 0 aliphatic carbocycles. The molecule has 0 spiro atoms. The Balaban J connectivity index is 1.82. The highest BCUT2D eigenvalue weighted by atomic mass is 32.1. The summed E-state index contributed by atoms with van der Waals surface area (Å²) in [5.74, 6) is 0.911. The number of thiazole rings is 1. The zero-order valence-electron chi connectivity index (χ0n) is 13.8. The Morgan fingerprint density at radius 1 is 1.50 bits per heavy atom. The predicted octanol–water partition coefficient (Wildman–Crippen LogP) is 2.29. The zero-order valence-corrected chi connectivity index (χ0v) is 14.7. The topological polar surface area (TPSA) is 45.5 Å². The van der Waals surface area contributed by atoms with Crippen molar-refractivity contribution in [1.29, 1.82) is 0 Å². The molecular formula is C16H25N5S. The summed E-state index contributed by atoms with van der Waals surface area (Å²) in [5.41, 5.74) is 1.26. The van der Waals surface area contributed by atoms with Crippen LogP contribution in [0, 0.1) is 0 Å². The first-order valence-electron chi connectivity index (χ1n) is 7.59. The van der Waals surface area contributed by atoms with E-state index in [4.69, 9.17) is 0 Å². The normalized spacial score (nSPS) is 11.7.